The van der Waals surface area contributed by atoms with Crippen LogP contribution in [-0.2, 0) is 4.74 Å². The van der Waals surface area contributed by atoms with E-state index < -0.39 is 5.60 Å². The maximum atomic E-state index is 11.4. The molecule has 4 nitrogen and oxygen atoms in total. The fourth-order valence-corrected chi connectivity index (χ4v) is 1.74. The Labute approximate surface area is 118 Å². The predicted octanol–water partition coefficient (Wildman–Crippen LogP) is 3.46. The summed E-state index contributed by atoms with van der Waals surface area (Å²) in [5.74, 6) is 0. The van der Waals surface area contributed by atoms with E-state index in [1.54, 1.807) is 0 Å². The number of carbonyl (C=O) groups excluding carboxylic acids is 1. The molecule has 114 valence electrons. The first kappa shape index (κ1) is 18.2. The summed E-state index contributed by atoms with van der Waals surface area (Å²) in [6.45, 7) is 11.6. The average molecular weight is 272 g/mol. The molecule has 0 heterocycles. The van der Waals surface area contributed by atoms with Gasteiger partial charge in [0.15, 0.2) is 0 Å². The van der Waals surface area contributed by atoms with Gasteiger partial charge in [0, 0.05) is 12.6 Å². The van der Waals surface area contributed by atoms with Crippen molar-refractivity contribution >= 4 is 6.09 Å². The molecular formula is C15H32N2O2. The van der Waals surface area contributed by atoms with Crippen LogP contribution in [0, 0.1) is 0 Å². The van der Waals surface area contributed by atoms with E-state index in [9.17, 15) is 4.79 Å². The van der Waals surface area contributed by atoms with Crippen molar-refractivity contribution in [2.24, 2.45) is 0 Å². The second-order valence-corrected chi connectivity index (χ2v) is 6.13. The summed E-state index contributed by atoms with van der Waals surface area (Å²) in [5.41, 5.74) is -0.421. The van der Waals surface area contributed by atoms with Crippen molar-refractivity contribution in [1.82, 2.24) is 10.6 Å². The second kappa shape index (κ2) is 10.1. The number of hydrogen-bond donors (Lipinski definition) is 2. The van der Waals surface area contributed by atoms with Crippen LogP contribution >= 0.6 is 0 Å². The number of alkyl carbamates (subject to hydrolysis) is 1. The molecule has 0 fully saturated rings. The molecule has 0 aromatic carbocycles. The fraction of sp³-hybridized carbons (Fsp3) is 0.933. The monoisotopic (exact) mass is 272 g/mol. The van der Waals surface area contributed by atoms with Crippen LogP contribution < -0.4 is 10.6 Å². The molecule has 0 aliphatic rings. The Bertz CT molecular complexity index is 237. The van der Waals surface area contributed by atoms with Gasteiger partial charge in [-0.2, -0.15) is 0 Å². The SMILES string of the molecule is CCCCCC(C)NCCCNC(=O)OC(C)(C)C. The number of carbonyl (C=O) groups is 1. The molecule has 2 N–H and O–H groups in total. The maximum absolute atomic E-state index is 11.4. The predicted molar refractivity (Wildman–Crippen MR) is 80.5 cm³/mol. The molecule has 0 radical (unpaired) electrons. The molecule has 0 saturated carbocycles. The van der Waals surface area contributed by atoms with Crippen molar-refractivity contribution in [2.45, 2.75) is 78.4 Å². The largest absolute Gasteiger partial charge is 0.444 e. The van der Waals surface area contributed by atoms with Crippen LogP contribution in [0.1, 0.15) is 66.7 Å². The minimum atomic E-state index is -0.421. The molecule has 1 unspecified atom stereocenters. The summed E-state index contributed by atoms with van der Waals surface area (Å²) in [7, 11) is 0. The van der Waals surface area contributed by atoms with Crippen molar-refractivity contribution < 1.29 is 9.53 Å². The minimum Gasteiger partial charge on any atom is -0.444 e. The van der Waals surface area contributed by atoms with Crippen LogP contribution in [0.25, 0.3) is 0 Å². The Hall–Kier alpha value is -0.770. The smallest absolute Gasteiger partial charge is 0.407 e. The number of rotatable bonds is 9. The van der Waals surface area contributed by atoms with Gasteiger partial charge in [-0.05, 0) is 47.1 Å². The highest BCUT2D eigenvalue weighted by molar-refractivity contribution is 5.67. The van der Waals surface area contributed by atoms with Gasteiger partial charge in [-0.15, -0.1) is 0 Å². The summed E-state index contributed by atoms with van der Waals surface area (Å²) in [6, 6.07) is 0.563. The highest BCUT2D eigenvalue weighted by atomic mass is 16.6. The molecule has 0 aromatic heterocycles. The van der Waals surface area contributed by atoms with Gasteiger partial charge in [0.05, 0.1) is 0 Å². The number of amides is 1. The van der Waals surface area contributed by atoms with Gasteiger partial charge in [-0.1, -0.05) is 26.2 Å². The van der Waals surface area contributed by atoms with Crippen LogP contribution in [0.5, 0.6) is 0 Å². The zero-order valence-corrected chi connectivity index (χ0v) is 13.3. The average Bonchev–Trinajstić information content (AvgIpc) is 2.26. The van der Waals surface area contributed by atoms with E-state index in [1.807, 2.05) is 20.8 Å². The van der Waals surface area contributed by atoms with Gasteiger partial charge in [0.2, 0.25) is 0 Å². The van der Waals surface area contributed by atoms with Gasteiger partial charge < -0.3 is 15.4 Å². The first-order valence-corrected chi connectivity index (χ1v) is 7.55. The lowest BCUT2D eigenvalue weighted by atomic mass is 10.1. The second-order valence-electron chi connectivity index (χ2n) is 6.13. The summed E-state index contributed by atoms with van der Waals surface area (Å²) >= 11 is 0. The molecule has 1 amide bonds. The summed E-state index contributed by atoms with van der Waals surface area (Å²) in [4.78, 5) is 11.4. The van der Waals surface area contributed by atoms with E-state index in [0.29, 0.717) is 12.6 Å². The third-order valence-corrected chi connectivity index (χ3v) is 2.76. The lowest BCUT2D eigenvalue weighted by molar-refractivity contribution is 0.0527. The lowest BCUT2D eigenvalue weighted by Gasteiger charge is -2.19. The quantitative estimate of drug-likeness (QED) is 0.632. The topological polar surface area (TPSA) is 50.4 Å². The van der Waals surface area contributed by atoms with Crippen molar-refractivity contribution in [2.75, 3.05) is 13.1 Å². The van der Waals surface area contributed by atoms with Crippen molar-refractivity contribution in [1.29, 1.82) is 0 Å². The van der Waals surface area contributed by atoms with Gasteiger partial charge in [0.1, 0.15) is 5.60 Å². The molecule has 4 heteroatoms. The van der Waals surface area contributed by atoms with E-state index in [1.165, 1.54) is 25.7 Å². The van der Waals surface area contributed by atoms with E-state index >= 15 is 0 Å². The van der Waals surface area contributed by atoms with Crippen LogP contribution in [-0.4, -0.2) is 30.8 Å². The molecule has 0 rings (SSSR count). The van der Waals surface area contributed by atoms with E-state index in [4.69, 9.17) is 4.74 Å². The molecular weight excluding hydrogens is 240 g/mol. The Morgan fingerprint density at radius 2 is 1.84 bits per heavy atom. The number of hydrogen-bond acceptors (Lipinski definition) is 3. The highest BCUT2D eigenvalue weighted by Gasteiger charge is 2.15. The van der Waals surface area contributed by atoms with Crippen LogP contribution in [0.4, 0.5) is 4.79 Å². The molecule has 19 heavy (non-hydrogen) atoms. The number of nitrogens with one attached hydrogen (secondary N) is 2. The molecule has 0 aliphatic carbocycles. The van der Waals surface area contributed by atoms with E-state index in [2.05, 4.69) is 24.5 Å². The minimum absolute atomic E-state index is 0.330. The first-order valence-electron chi connectivity index (χ1n) is 7.55. The van der Waals surface area contributed by atoms with Gasteiger partial charge in [0.25, 0.3) is 0 Å². The van der Waals surface area contributed by atoms with Crippen molar-refractivity contribution in [3.63, 3.8) is 0 Å². The first-order chi connectivity index (χ1) is 8.85. The van der Waals surface area contributed by atoms with Crippen molar-refractivity contribution in [3.8, 4) is 0 Å². The van der Waals surface area contributed by atoms with E-state index in [0.717, 1.165) is 13.0 Å². The standard InChI is InChI=1S/C15H32N2O2/c1-6-7-8-10-13(2)16-11-9-12-17-14(18)19-15(3,4)5/h13,16H,6-12H2,1-5H3,(H,17,18). The van der Waals surface area contributed by atoms with Crippen molar-refractivity contribution in [3.05, 3.63) is 0 Å². The number of ether oxygens (including phenoxy) is 1. The molecule has 0 aromatic rings. The van der Waals surface area contributed by atoms with Gasteiger partial charge in [-0.3, -0.25) is 0 Å². The fourth-order valence-electron chi connectivity index (χ4n) is 1.74. The Morgan fingerprint density at radius 1 is 1.16 bits per heavy atom. The maximum Gasteiger partial charge on any atom is 0.407 e. The van der Waals surface area contributed by atoms with Crippen LogP contribution in [0.3, 0.4) is 0 Å². The lowest BCUT2D eigenvalue weighted by Crippen LogP contribution is -2.34. The molecule has 1 atom stereocenters. The summed E-state index contributed by atoms with van der Waals surface area (Å²) in [6.07, 6.45) is 5.70. The zero-order valence-electron chi connectivity index (χ0n) is 13.3. The van der Waals surface area contributed by atoms with E-state index in [-0.39, 0.29) is 6.09 Å². The Balaban J connectivity index is 3.42. The van der Waals surface area contributed by atoms with Crippen LogP contribution in [0.2, 0.25) is 0 Å². The molecule has 0 bridgehead atoms. The Morgan fingerprint density at radius 3 is 2.42 bits per heavy atom. The number of unbranched alkanes of at least 4 members (excludes halogenated alkanes) is 2. The molecule has 0 saturated heterocycles. The molecule has 0 spiro atoms. The third kappa shape index (κ3) is 13.5. The Kier molecular flexibility index (Phi) is 9.66. The third-order valence-electron chi connectivity index (χ3n) is 2.76. The van der Waals surface area contributed by atoms with Crippen LogP contribution in [0.15, 0.2) is 0 Å². The zero-order chi connectivity index (χ0) is 14.7. The highest BCUT2D eigenvalue weighted by Crippen LogP contribution is 2.06. The normalized spacial score (nSPS) is 13.1. The summed E-state index contributed by atoms with van der Waals surface area (Å²) in [5, 5.41) is 6.24. The van der Waals surface area contributed by atoms with Gasteiger partial charge >= 0.3 is 6.09 Å². The summed E-state index contributed by atoms with van der Waals surface area (Å²) < 4.78 is 5.16. The molecule has 0 aliphatic heterocycles. The van der Waals surface area contributed by atoms with Gasteiger partial charge in [-0.25, -0.2) is 4.79 Å².